The summed E-state index contributed by atoms with van der Waals surface area (Å²) in [6.07, 6.45) is -8.25. The molecule has 1 heterocycles. The fraction of sp³-hybridized carbons (Fsp3) is 0.650. The molecular weight excluding hydrogens is 400 g/mol. The van der Waals surface area contributed by atoms with Gasteiger partial charge in [-0.2, -0.15) is 0 Å². The van der Waals surface area contributed by atoms with E-state index in [1.807, 2.05) is 0 Å². The van der Waals surface area contributed by atoms with E-state index in [0.717, 1.165) is 0 Å². The normalized spacial score (nSPS) is 29.9. The molecule has 170 valence electrons. The number of esters is 1. The van der Waals surface area contributed by atoms with Crippen LogP contribution in [0.1, 0.15) is 26.3 Å². The van der Waals surface area contributed by atoms with E-state index in [2.05, 4.69) is 0 Å². The van der Waals surface area contributed by atoms with Crippen LogP contribution in [0.4, 0.5) is 0 Å². The Kier molecular flexibility index (Phi) is 8.17. The monoisotopic (exact) mass is 430 g/mol. The summed E-state index contributed by atoms with van der Waals surface area (Å²) in [6.45, 7) is 3.79. The maximum atomic E-state index is 12.2. The van der Waals surface area contributed by atoms with E-state index in [1.54, 1.807) is 26.0 Å². The van der Waals surface area contributed by atoms with Crippen LogP contribution in [0.3, 0.4) is 0 Å². The van der Waals surface area contributed by atoms with Gasteiger partial charge in [0.25, 0.3) is 0 Å². The van der Waals surface area contributed by atoms with Crippen LogP contribution in [-0.4, -0.2) is 85.6 Å². The van der Waals surface area contributed by atoms with Gasteiger partial charge in [0.05, 0.1) is 12.7 Å². The number of aliphatic hydroxyl groups is 6. The summed E-state index contributed by atoms with van der Waals surface area (Å²) in [5, 5.41) is 58.9. The van der Waals surface area contributed by atoms with Crippen molar-refractivity contribution in [1.29, 1.82) is 0 Å². The molecule has 1 saturated heterocycles. The van der Waals surface area contributed by atoms with Gasteiger partial charge >= 0.3 is 5.97 Å². The highest BCUT2D eigenvalue weighted by molar-refractivity contribution is 5.80. The molecule has 10 nitrogen and oxygen atoms in total. The molecule has 7 atom stereocenters. The molecular formula is C20H30O10. The highest BCUT2D eigenvalue weighted by Gasteiger charge is 2.46. The second kappa shape index (κ2) is 10.0. The topological polar surface area (TPSA) is 166 Å². The van der Waals surface area contributed by atoms with Gasteiger partial charge in [0.15, 0.2) is 5.60 Å². The molecule has 1 aromatic carbocycles. The van der Waals surface area contributed by atoms with Crippen LogP contribution in [0, 0.1) is 5.92 Å². The fourth-order valence-electron chi connectivity index (χ4n) is 3.12. The summed E-state index contributed by atoms with van der Waals surface area (Å²) in [5.74, 6) is -1.23. The number of hydrogen-bond donors (Lipinski definition) is 6. The van der Waals surface area contributed by atoms with E-state index in [9.17, 15) is 35.4 Å². The second-order valence-electron chi connectivity index (χ2n) is 7.69. The number of carbonyl (C=O) groups excluding carboxylic acids is 1. The Balaban J connectivity index is 1.98. The van der Waals surface area contributed by atoms with Crippen molar-refractivity contribution >= 4 is 5.97 Å². The highest BCUT2D eigenvalue weighted by Crippen LogP contribution is 2.26. The summed E-state index contributed by atoms with van der Waals surface area (Å²) in [5.41, 5.74) is -1.45. The van der Waals surface area contributed by atoms with Gasteiger partial charge in [-0.15, -0.1) is 0 Å². The Morgan fingerprint density at radius 1 is 1.10 bits per heavy atom. The van der Waals surface area contributed by atoms with Gasteiger partial charge in [-0.1, -0.05) is 26.0 Å². The number of benzene rings is 1. The number of hydrogen-bond acceptors (Lipinski definition) is 10. The lowest BCUT2D eigenvalue weighted by molar-refractivity contribution is -0.277. The molecule has 0 saturated carbocycles. The minimum absolute atomic E-state index is 0.152. The molecule has 0 amide bonds. The molecule has 1 aromatic rings. The summed E-state index contributed by atoms with van der Waals surface area (Å²) in [7, 11) is 0. The smallest absolute Gasteiger partial charge is 0.341 e. The first-order valence-corrected chi connectivity index (χ1v) is 9.66. The van der Waals surface area contributed by atoms with E-state index in [4.69, 9.17) is 14.2 Å². The predicted octanol–water partition coefficient (Wildman–Crippen LogP) is -1.32. The molecule has 0 bridgehead atoms. The molecule has 10 heteroatoms. The van der Waals surface area contributed by atoms with Crippen LogP contribution in [0.15, 0.2) is 24.3 Å². The van der Waals surface area contributed by atoms with Crippen molar-refractivity contribution in [3.05, 3.63) is 29.8 Å². The van der Waals surface area contributed by atoms with Gasteiger partial charge in [-0.25, -0.2) is 4.79 Å². The van der Waals surface area contributed by atoms with Gasteiger partial charge < -0.3 is 44.8 Å². The van der Waals surface area contributed by atoms with Crippen LogP contribution in [0.2, 0.25) is 0 Å². The number of ether oxygens (including phenoxy) is 3. The van der Waals surface area contributed by atoms with Gasteiger partial charge in [-0.05, 0) is 30.5 Å². The Morgan fingerprint density at radius 3 is 2.20 bits per heavy atom. The Morgan fingerprint density at radius 2 is 1.70 bits per heavy atom. The van der Waals surface area contributed by atoms with E-state index in [1.165, 1.54) is 19.1 Å². The molecule has 0 spiro atoms. The third-order valence-electron chi connectivity index (χ3n) is 5.24. The quantitative estimate of drug-likeness (QED) is 0.272. The summed E-state index contributed by atoms with van der Waals surface area (Å²) in [4.78, 5) is 12.2. The maximum absolute atomic E-state index is 12.2. The van der Waals surface area contributed by atoms with Gasteiger partial charge in [-0.3, -0.25) is 0 Å². The molecule has 1 fully saturated rings. The van der Waals surface area contributed by atoms with E-state index in [0.29, 0.717) is 5.56 Å². The average Bonchev–Trinajstić information content (AvgIpc) is 2.72. The minimum atomic E-state index is -2.02. The third kappa shape index (κ3) is 5.09. The first kappa shape index (κ1) is 24.5. The Bertz CT molecular complexity index is 679. The minimum Gasteiger partial charge on any atom is -0.462 e. The van der Waals surface area contributed by atoms with Crippen molar-refractivity contribution in [3.63, 3.8) is 0 Å². The molecule has 30 heavy (non-hydrogen) atoms. The van der Waals surface area contributed by atoms with Crippen molar-refractivity contribution in [2.24, 2.45) is 5.92 Å². The first-order valence-electron chi connectivity index (χ1n) is 9.66. The Labute approximate surface area is 174 Å². The second-order valence-corrected chi connectivity index (χ2v) is 7.69. The van der Waals surface area contributed by atoms with E-state index >= 15 is 0 Å². The number of rotatable bonds is 8. The Hall–Kier alpha value is -1.79. The van der Waals surface area contributed by atoms with Crippen LogP contribution in [0.25, 0.3) is 0 Å². The van der Waals surface area contributed by atoms with Gasteiger partial charge in [0.1, 0.15) is 36.8 Å². The lowest BCUT2D eigenvalue weighted by Gasteiger charge is -2.39. The van der Waals surface area contributed by atoms with Gasteiger partial charge in [0.2, 0.25) is 6.29 Å². The van der Waals surface area contributed by atoms with Crippen LogP contribution in [0.5, 0.6) is 5.75 Å². The molecule has 2 rings (SSSR count). The van der Waals surface area contributed by atoms with Gasteiger partial charge in [0, 0.05) is 0 Å². The summed E-state index contributed by atoms with van der Waals surface area (Å²) >= 11 is 0. The first-order chi connectivity index (χ1) is 14.0. The highest BCUT2D eigenvalue weighted by atomic mass is 16.7. The van der Waals surface area contributed by atoms with Crippen molar-refractivity contribution in [3.8, 4) is 5.75 Å². The molecule has 2 unspecified atom stereocenters. The SMILES string of the molecule is CC(C)C(O)(C(=O)OCc1ccc(O[C@@H]2O[C@H](CO)[C@@H](O)[C@H](O)[C@H]2O)cc1)C(C)O. The van der Waals surface area contributed by atoms with E-state index < -0.39 is 60.9 Å². The molecule has 0 aromatic heterocycles. The van der Waals surface area contributed by atoms with Crippen LogP contribution < -0.4 is 4.74 Å². The van der Waals surface area contributed by atoms with E-state index in [-0.39, 0.29) is 12.4 Å². The lowest BCUT2D eigenvalue weighted by atomic mass is 9.85. The largest absolute Gasteiger partial charge is 0.462 e. The number of carbonyl (C=O) groups is 1. The molecule has 1 aliphatic heterocycles. The summed E-state index contributed by atoms with van der Waals surface area (Å²) < 4.78 is 15.9. The number of aliphatic hydroxyl groups excluding tert-OH is 5. The van der Waals surface area contributed by atoms with Crippen LogP contribution in [-0.2, 0) is 20.9 Å². The van der Waals surface area contributed by atoms with Crippen LogP contribution >= 0.6 is 0 Å². The average molecular weight is 430 g/mol. The lowest BCUT2D eigenvalue weighted by Crippen LogP contribution is -2.60. The zero-order valence-corrected chi connectivity index (χ0v) is 17.1. The zero-order valence-electron chi connectivity index (χ0n) is 17.1. The molecule has 1 aliphatic rings. The zero-order chi connectivity index (χ0) is 22.6. The maximum Gasteiger partial charge on any atom is 0.341 e. The van der Waals surface area contributed by atoms with Crippen molar-refractivity contribution in [1.82, 2.24) is 0 Å². The fourth-order valence-corrected chi connectivity index (χ4v) is 3.12. The molecule has 0 aliphatic carbocycles. The van der Waals surface area contributed by atoms with Crippen molar-refractivity contribution in [2.45, 2.75) is 69.8 Å². The third-order valence-corrected chi connectivity index (χ3v) is 5.24. The molecule has 6 N–H and O–H groups in total. The standard InChI is InChI=1S/C20H30O10/c1-10(2)20(27,11(3)22)19(26)28-9-12-4-6-13(7-5-12)29-18-17(25)16(24)15(23)14(8-21)30-18/h4-7,10-11,14-18,21-25,27H,8-9H2,1-3H3/t11?,14-,15-,16+,17-,18-,20?/m1/s1. The molecule has 0 radical (unpaired) electrons. The van der Waals surface area contributed by atoms with Crippen molar-refractivity contribution < 1.29 is 49.6 Å². The summed E-state index contributed by atoms with van der Waals surface area (Å²) in [6, 6.07) is 6.16. The predicted molar refractivity (Wildman–Crippen MR) is 102 cm³/mol. The van der Waals surface area contributed by atoms with Crippen molar-refractivity contribution in [2.75, 3.05) is 6.61 Å².